The largest absolute Gasteiger partial charge is 0.423 e. The molecule has 0 unspecified atom stereocenters. The second kappa shape index (κ2) is 5.87. The summed E-state index contributed by atoms with van der Waals surface area (Å²) in [4.78, 5) is 12.1. The van der Waals surface area contributed by atoms with Gasteiger partial charge in [-0.1, -0.05) is 32.0 Å². The highest BCUT2D eigenvalue weighted by atomic mass is 19.1. The fraction of sp³-hybridized carbons (Fsp3) is 0.235. The minimum atomic E-state index is -0.544. The van der Waals surface area contributed by atoms with Crippen LogP contribution >= 0.6 is 0 Å². The predicted octanol–water partition coefficient (Wildman–Crippen LogP) is 4.48. The minimum absolute atomic E-state index is 0.209. The van der Waals surface area contributed by atoms with E-state index in [2.05, 4.69) is 0 Å². The normalized spacial score (nSPS) is 10.7. The Labute approximate surface area is 118 Å². The van der Waals surface area contributed by atoms with Gasteiger partial charge in [0.05, 0.1) is 5.56 Å². The molecule has 0 atom stereocenters. The molecule has 0 aliphatic heterocycles. The van der Waals surface area contributed by atoms with Crippen molar-refractivity contribution in [3.05, 3.63) is 65.0 Å². The Kier molecular flexibility index (Phi) is 4.18. The van der Waals surface area contributed by atoms with Crippen LogP contribution in [0.25, 0.3) is 0 Å². The lowest BCUT2D eigenvalue weighted by molar-refractivity contribution is 0.0732. The fourth-order valence-electron chi connectivity index (χ4n) is 1.98. The number of carbonyl (C=O) groups excluding carboxylic acids is 1. The summed E-state index contributed by atoms with van der Waals surface area (Å²) in [5.41, 5.74) is 2.18. The Morgan fingerprint density at radius 3 is 2.55 bits per heavy atom. The van der Waals surface area contributed by atoms with Gasteiger partial charge in [-0.25, -0.2) is 9.18 Å². The first-order valence-electron chi connectivity index (χ1n) is 6.55. The Morgan fingerprint density at radius 2 is 1.90 bits per heavy atom. The number of esters is 1. The molecule has 0 N–H and O–H groups in total. The molecule has 0 amide bonds. The van der Waals surface area contributed by atoms with Gasteiger partial charge in [0, 0.05) is 0 Å². The Morgan fingerprint density at radius 1 is 1.15 bits per heavy atom. The molecule has 0 aliphatic carbocycles. The quantitative estimate of drug-likeness (QED) is 0.608. The van der Waals surface area contributed by atoms with Crippen molar-refractivity contribution in [3.63, 3.8) is 0 Å². The average molecular weight is 272 g/mol. The zero-order chi connectivity index (χ0) is 14.7. The van der Waals surface area contributed by atoms with E-state index in [0.717, 1.165) is 11.1 Å². The molecule has 0 fully saturated rings. The molecule has 0 radical (unpaired) electrons. The van der Waals surface area contributed by atoms with Crippen LogP contribution in [0.4, 0.5) is 4.39 Å². The minimum Gasteiger partial charge on any atom is -0.423 e. The van der Waals surface area contributed by atoms with Crippen molar-refractivity contribution in [2.24, 2.45) is 0 Å². The summed E-state index contributed by atoms with van der Waals surface area (Å²) in [5.74, 6) is -0.218. The van der Waals surface area contributed by atoms with E-state index in [4.69, 9.17) is 4.74 Å². The van der Waals surface area contributed by atoms with Gasteiger partial charge < -0.3 is 4.74 Å². The summed E-state index contributed by atoms with van der Waals surface area (Å²) in [7, 11) is 0. The molecule has 0 bridgehead atoms. The molecular weight excluding hydrogens is 255 g/mol. The van der Waals surface area contributed by atoms with Gasteiger partial charge in [-0.15, -0.1) is 0 Å². The molecule has 0 spiro atoms. The zero-order valence-corrected chi connectivity index (χ0v) is 11.8. The van der Waals surface area contributed by atoms with Gasteiger partial charge in [-0.2, -0.15) is 0 Å². The van der Waals surface area contributed by atoms with Gasteiger partial charge in [0.15, 0.2) is 0 Å². The molecule has 104 valence electrons. The fourth-order valence-corrected chi connectivity index (χ4v) is 1.98. The third kappa shape index (κ3) is 3.23. The number of rotatable bonds is 3. The number of halogens is 1. The maximum absolute atomic E-state index is 13.1. The van der Waals surface area contributed by atoms with E-state index >= 15 is 0 Å². The van der Waals surface area contributed by atoms with Crippen molar-refractivity contribution in [1.29, 1.82) is 0 Å². The van der Waals surface area contributed by atoms with Crippen LogP contribution in [0.15, 0.2) is 42.5 Å². The summed E-state index contributed by atoms with van der Waals surface area (Å²) >= 11 is 0. The first-order chi connectivity index (χ1) is 9.47. The standard InChI is InChI=1S/C17H17FO2/c1-11(2)15-8-7-12(3)9-16(15)20-17(19)13-5-4-6-14(18)10-13/h4-11H,1-3H3. The molecule has 2 aromatic rings. The maximum atomic E-state index is 13.1. The van der Waals surface area contributed by atoms with E-state index in [-0.39, 0.29) is 11.5 Å². The maximum Gasteiger partial charge on any atom is 0.343 e. The Hall–Kier alpha value is -2.16. The molecule has 20 heavy (non-hydrogen) atoms. The third-order valence-corrected chi connectivity index (χ3v) is 3.05. The lowest BCUT2D eigenvalue weighted by atomic mass is 10.0. The van der Waals surface area contributed by atoms with Crippen LogP contribution < -0.4 is 4.74 Å². The molecular formula is C17H17FO2. The first kappa shape index (κ1) is 14.3. The summed E-state index contributed by atoms with van der Waals surface area (Å²) in [6.45, 7) is 6.00. The summed E-state index contributed by atoms with van der Waals surface area (Å²) in [5, 5.41) is 0. The topological polar surface area (TPSA) is 26.3 Å². The van der Waals surface area contributed by atoms with Crippen LogP contribution in [-0.2, 0) is 0 Å². The van der Waals surface area contributed by atoms with Gasteiger partial charge in [0.2, 0.25) is 0 Å². The molecule has 2 nitrogen and oxygen atoms in total. The highest BCUT2D eigenvalue weighted by Gasteiger charge is 2.14. The van der Waals surface area contributed by atoms with Crippen molar-refractivity contribution in [2.45, 2.75) is 26.7 Å². The van der Waals surface area contributed by atoms with Crippen LogP contribution in [0.3, 0.4) is 0 Å². The van der Waals surface area contributed by atoms with Crippen LogP contribution in [0.1, 0.15) is 41.3 Å². The molecule has 3 heteroatoms. The second-order valence-corrected chi connectivity index (χ2v) is 5.10. The van der Waals surface area contributed by atoms with Crippen molar-refractivity contribution in [2.75, 3.05) is 0 Å². The van der Waals surface area contributed by atoms with Gasteiger partial charge in [0.1, 0.15) is 11.6 Å². The van der Waals surface area contributed by atoms with E-state index in [1.54, 1.807) is 0 Å². The van der Waals surface area contributed by atoms with Gasteiger partial charge in [-0.3, -0.25) is 0 Å². The number of hydrogen-bond acceptors (Lipinski definition) is 2. The predicted molar refractivity (Wildman–Crippen MR) is 76.6 cm³/mol. The van der Waals surface area contributed by atoms with Crippen molar-refractivity contribution < 1.29 is 13.9 Å². The smallest absolute Gasteiger partial charge is 0.343 e. The molecule has 2 rings (SSSR count). The number of ether oxygens (including phenoxy) is 1. The lowest BCUT2D eigenvalue weighted by Gasteiger charge is -2.13. The Balaban J connectivity index is 2.30. The van der Waals surface area contributed by atoms with E-state index in [1.807, 2.05) is 39.0 Å². The SMILES string of the molecule is Cc1ccc(C(C)C)c(OC(=O)c2cccc(F)c2)c1. The second-order valence-electron chi connectivity index (χ2n) is 5.10. The Bertz CT molecular complexity index is 633. The number of benzene rings is 2. The monoisotopic (exact) mass is 272 g/mol. The lowest BCUT2D eigenvalue weighted by Crippen LogP contribution is -2.10. The molecule has 0 aromatic heterocycles. The van der Waals surface area contributed by atoms with E-state index in [1.165, 1.54) is 24.3 Å². The van der Waals surface area contributed by atoms with Crippen LogP contribution in [0, 0.1) is 12.7 Å². The van der Waals surface area contributed by atoms with Crippen LogP contribution in [0.5, 0.6) is 5.75 Å². The van der Waals surface area contributed by atoms with E-state index in [0.29, 0.717) is 5.75 Å². The van der Waals surface area contributed by atoms with Crippen LogP contribution in [0.2, 0.25) is 0 Å². The zero-order valence-electron chi connectivity index (χ0n) is 11.8. The number of carbonyl (C=O) groups is 1. The summed E-state index contributed by atoms with van der Waals surface area (Å²) in [6, 6.07) is 11.3. The summed E-state index contributed by atoms with van der Waals surface area (Å²) < 4.78 is 18.6. The summed E-state index contributed by atoms with van der Waals surface area (Å²) in [6.07, 6.45) is 0. The first-order valence-corrected chi connectivity index (χ1v) is 6.55. The molecule has 0 saturated heterocycles. The highest BCUT2D eigenvalue weighted by molar-refractivity contribution is 5.91. The van der Waals surface area contributed by atoms with Crippen molar-refractivity contribution >= 4 is 5.97 Å². The average Bonchev–Trinajstić information content (AvgIpc) is 2.38. The van der Waals surface area contributed by atoms with E-state index < -0.39 is 11.8 Å². The van der Waals surface area contributed by atoms with Gasteiger partial charge in [-0.05, 0) is 48.2 Å². The van der Waals surface area contributed by atoms with Crippen molar-refractivity contribution in [1.82, 2.24) is 0 Å². The molecule has 0 aliphatic rings. The number of aryl methyl sites for hydroxylation is 1. The molecule has 2 aromatic carbocycles. The van der Waals surface area contributed by atoms with Gasteiger partial charge >= 0.3 is 5.97 Å². The highest BCUT2D eigenvalue weighted by Crippen LogP contribution is 2.28. The van der Waals surface area contributed by atoms with Crippen LogP contribution in [-0.4, -0.2) is 5.97 Å². The third-order valence-electron chi connectivity index (χ3n) is 3.05. The number of hydrogen-bond donors (Lipinski definition) is 0. The van der Waals surface area contributed by atoms with E-state index in [9.17, 15) is 9.18 Å². The molecule has 0 heterocycles. The molecule has 0 saturated carbocycles. The van der Waals surface area contributed by atoms with Crippen molar-refractivity contribution in [3.8, 4) is 5.75 Å². The van der Waals surface area contributed by atoms with Gasteiger partial charge in [0.25, 0.3) is 0 Å².